The number of primary amides is 1. The predicted molar refractivity (Wildman–Crippen MR) is 98.3 cm³/mol. The molecule has 1 saturated carbocycles. The molecule has 1 aromatic rings. The van der Waals surface area contributed by atoms with Gasteiger partial charge in [0.15, 0.2) is 18.1 Å². The highest BCUT2D eigenvalue weighted by Gasteiger charge is 2.16. The van der Waals surface area contributed by atoms with Crippen LogP contribution in [0.3, 0.4) is 0 Å². The first-order chi connectivity index (χ1) is 11.1. The van der Waals surface area contributed by atoms with Gasteiger partial charge < -0.3 is 20.5 Å². The molecule has 1 aromatic carbocycles. The van der Waals surface area contributed by atoms with E-state index in [0.717, 1.165) is 12.1 Å². The molecule has 0 bridgehead atoms. The number of nitrogens with one attached hydrogen (secondary N) is 1. The zero-order chi connectivity index (χ0) is 16.7. The fourth-order valence-corrected chi connectivity index (χ4v) is 3.13. The second-order valence-electron chi connectivity index (χ2n) is 5.81. The van der Waals surface area contributed by atoms with Crippen molar-refractivity contribution in [1.82, 2.24) is 5.32 Å². The van der Waals surface area contributed by atoms with Crippen molar-refractivity contribution >= 4 is 29.9 Å². The standard InChI is InChI=1S/C17H25ClN2O3.ClH/c1-2-22-15-9-12(10-20-13-6-4-3-5-7-13)8-14(18)17(15)23-11-16(19)21;/h8-9,13,20H,2-7,10-11H2,1H3,(H2,19,21);1H. The van der Waals surface area contributed by atoms with Gasteiger partial charge in [0.25, 0.3) is 5.91 Å². The Morgan fingerprint density at radius 3 is 2.62 bits per heavy atom. The molecule has 136 valence electrons. The first-order valence-electron chi connectivity index (χ1n) is 8.20. The third-order valence-corrected chi connectivity index (χ3v) is 4.21. The van der Waals surface area contributed by atoms with Crippen LogP contribution in [0.4, 0.5) is 0 Å². The number of carbonyl (C=O) groups is 1. The van der Waals surface area contributed by atoms with Gasteiger partial charge in [-0.25, -0.2) is 0 Å². The van der Waals surface area contributed by atoms with Gasteiger partial charge in [0.05, 0.1) is 11.6 Å². The second-order valence-corrected chi connectivity index (χ2v) is 6.22. The van der Waals surface area contributed by atoms with E-state index in [2.05, 4.69) is 5.32 Å². The average molecular weight is 377 g/mol. The second kappa shape index (κ2) is 10.6. The Morgan fingerprint density at radius 2 is 2.00 bits per heavy atom. The van der Waals surface area contributed by atoms with Crippen molar-refractivity contribution in [2.45, 2.75) is 51.6 Å². The van der Waals surface area contributed by atoms with Crippen molar-refractivity contribution in [3.8, 4) is 11.5 Å². The molecule has 1 aliphatic carbocycles. The highest BCUT2D eigenvalue weighted by Crippen LogP contribution is 2.36. The number of hydrogen-bond acceptors (Lipinski definition) is 4. The van der Waals surface area contributed by atoms with Gasteiger partial charge in [-0.1, -0.05) is 30.9 Å². The highest BCUT2D eigenvalue weighted by atomic mass is 35.5. The lowest BCUT2D eigenvalue weighted by molar-refractivity contribution is -0.119. The number of ether oxygens (including phenoxy) is 2. The van der Waals surface area contributed by atoms with Crippen LogP contribution in [0, 0.1) is 0 Å². The Bertz CT molecular complexity index is 535. The minimum atomic E-state index is -0.549. The zero-order valence-electron chi connectivity index (χ0n) is 14.0. The van der Waals surface area contributed by atoms with Crippen LogP contribution in [0.1, 0.15) is 44.6 Å². The first-order valence-corrected chi connectivity index (χ1v) is 8.57. The van der Waals surface area contributed by atoms with Crippen LogP contribution in [0.15, 0.2) is 12.1 Å². The normalized spacial score (nSPS) is 14.8. The molecule has 5 nitrogen and oxygen atoms in total. The van der Waals surface area contributed by atoms with E-state index in [1.165, 1.54) is 32.1 Å². The van der Waals surface area contributed by atoms with E-state index < -0.39 is 5.91 Å². The van der Waals surface area contributed by atoms with Gasteiger partial charge in [0.2, 0.25) is 0 Å². The van der Waals surface area contributed by atoms with E-state index in [0.29, 0.717) is 29.2 Å². The van der Waals surface area contributed by atoms with Gasteiger partial charge in [0, 0.05) is 12.6 Å². The van der Waals surface area contributed by atoms with E-state index >= 15 is 0 Å². The van der Waals surface area contributed by atoms with Crippen molar-refractivity contribution in [2.24, 2.45) is 5.73 Å². The summed E-state index contributed by atoms with van der Waals surface area (Å²) < 4.78 is 11.0. The lowest BCUT2D eigenvalue weighted by atomic mass is 9.95. The Hall–Kier alpha value is -1.17. The Balaban J connectivity index is 0.00000288. The maximum atomic E-state index is 10.9. The lowest BCUT2D eigenvalue weighted by Gasteiger charge is -2.23. The molecule has 0 unspecified atom stereocenters. The van der Waals surface area contributed by atoms with Crippen molar-refractivity contribution in [2.75, 3.05) is 13.2 Å². The largest absolute Gasteiger partial charge is 0.490 e. The first kappa shape index (κ1) is 20.9. The average Bonchev–Trinajstić information content (AvgIpc) is 2.53. The molecule has 7 heteroatoms. The predicted octanol–water partition coefficient (Wildman–Crippen LogP) is 3.45. The molecule has 0 saturated heterocycles. The molecule has 0 radical (unpaired) electrons. The number of benzene rings is 1. The number of carbonyl (C=O) groups excluding carboxylic acids is 1. The molecular weight excluding hydrogens is 351 g/mol. The summed E-state index contributed by atoms with van der Waals surface area (Å²) in [4.78, 5) is 10.9. The van der Waals surface area contributed by atoms with E-state index in [1.807, 2.05) is 19.1 Å². The van der Waals surface area contributed by atoms with Crippen LogP contribution in [0.2, 0.25) is 5.02 Å². The van der Waals surface area contributed by atoms with Crippen LogP contribution in [0.25, 0.3) is 0 Å². The van der Waals surface area contributed by atoms with Crippen molar-refractivity contribution in [3.63, 3.8) is 0 Å². The number of halogens is 2. The summed E-state index contributed by atoms with van der Waals surface area (Å²) in [5, 5.41) is 4.00. The Kier molecular flexibility index (Phi) is 9.26. The third-order valence-electron chi connectivity index (χ3n) is 3.93. The Labute approximate surface area is 154 Å². The number of rotatable bonds is 8. The molecule has 1 amide bonds. The van der Waals surface area contributed by atoms with Crippen molar-refractivity contribution < 1.29 is 14.3 Å². The molecule has 1 fully saturated rings. The maximum Gasteiger partial charge on any atom is 0.255 e. The van der Waals surface area contributed by atoms with Crippen LogP contribution >= 0.6 is 24.0 Å². The molecule has 0 aliphatic heterocycles. The van der Waals surface area contributed by atoms with Gasteiger partial charge in [-0.05, 0) is 37.5 Å². The van der Waals surface area contributed by atoms with Gasteiger partial charge in [0.1, 0.15) is 0 Å². The van der Waals surface area contributed by atoms with E-state index in [-0.39, 0.29) is 19.0 Å². The zero-order valence-corrected chi connectivity index (χ0v) is 15.5. The molecule has 0 aromatic heterocycles. The molecule has 3 N–H and O–H groups in total. The van der Waals surface area contributed by atoms with E-state index in [1.54, 1.807) is 0 Å². The molecule has 0 heterocycles. The summed E-state index contributed by atoms with van der Waals surface area (Å²) in [5.41, 5.74) is 6.15. The summed E-state index contributed by atoms with van der Waals surface area (Å²) in [6.07, 6.45) is 6.38. The smallest absolute Gasteiger partial charge is 0.255 e. The molecule has 0 spiro atoms. The quantitative estimate of drug-likeness (QED) is 0.728. The minimum Gasteiger partial charge on any atom is -0.490 e. The molecule has 2 rings (SSSR count). The number of nitrogens with two attached hydrogens (primary N) is 1. The molecular formula is C17H26Cl2N2O3. The number of hydrogen-bond donors (Lipinski definition) is 2. The SMILES string of the molecule is CCOc1cc(CNC2CCCCC2)cc(Cl)c1OCC(N)=O.Cl. The van der Waals surface area contributed by atoms with Crippen LogP contribution in [-0.4, -0.2) is 25.2 Å². The topological polar surface area (TPSA) is 73.6 Å². The monoisotopic (exact) mass is 376 g/mol. The molecule has 1 aliphatic rings. The fourth-order valence-electron chi connectivity index (χ4n) is 2.84. The number of amides is 1. The summed E-state index contributed by atoms with van der Waals surface area (Å²) in [6.45, 7) is 2.89. The van der Waals surface area contributed by atoms with Gasteiger partial charge in [-0.3, -0.25) is 4.79 Å². The lowest BCUT2D eigenvalue weighted by Crippen LogP contribution is -2.30. The molecule has 24 heavy (non-hydrogen) atoms. The van der Waals surface area contributed by atoms with Gasteiger partial charge in [-0.2, -0.15) is 0 Å². The summed E-state index contributed by atoms with van der Waals surface area (Å²) in [7, 11) is 0. The maximum absolute atomic E-state index is 10.9. The summed E-state index contributed by atoms with van der Waals surface area (Å²) >= 11 is 6.29. The minimum absolute atomic E-state index is 0. The summed E-state index contributed by atoms with van der Waals surface area (Å²) in [5.74, 6) is 0.363. The van der Waals surface area contributed by atoms with Gasteiger partial charge in [-0.15, -0.1) is 12.4 Å². The van der Waals surface area contributed by atoms with Crippen LogP contribution < -0.4 is 20.5 Å². The van der Waals surface area contributed by atoms with Crippen LogP contribution in [0.5, 0.6) is 11.5 Å². The van der Waals surface area contributed by atoms with Crippen molar-refractivity contribution in [3.05, 3.63) is 22.7 Å². The highest BCUT2D eigenvalue weighted by molar-refractivity contribution is 6.32. The fraction of sp³-hybridized carbons (Fsp3) is 0.588. The summed E-state index contributed by atoms with van der Waals surface area (Å²) in [6, 6.07) is 4.32. The molecule has 0 atom stereocenters. The van der Waals surface area contributed by atoms with E-state index in [4.69, 9.17) is 26.8 Å². The Morgan fingerprint density at radius 1 is 1.29 bits per heavy atom. The van der Waals surface area contributed by atoms with Crippen LogP contribution in [-0.2, 0) is 11.3 Å². The third kappa shape index (κ3) is 6.38. The van der Waals surface area contributed by atoms with E-state index in [9.17, 15) is 4.79 Å². The van der Waals surface area contributed by atoms with Gasteiger partial charge >= 0.3 is 0 Å². The van der Waals surface area contributed by atoms with Crippen molar-refractivity contribution in [1.29, 1.82) is 0 Å².